The first-order chi connectivity index (χ1) is 8.08. The van der Waals surface area contributed by atoms with Crippen LogP contribution in [0, 0.1) is 11.6 Å². The molecule has 92 valence electrons. The number of hydrogen-bond donors (Lipinski definition) is 1. The number of aromatic nitrogens is 2. The summed E-state index contributed by atoms with van der Waals surface area (Å²) in [7, 11) is 0. The van der Waals surface area contributed by atoms with Crippen LogP contribution in [0.4, 0.5) is 14.7 Å². The normalized spacial score (nSPS) is 11.6. The molecular formula is C12H15F2N3. The molecule has 0 aliphatic heterocycles. The van der Waals surface area contributed by atoms with Gasteiger partial charge in [0.05, 0.1) is 5.52 Å². The molecule has 0 unspecified atom stereocenters. The lowest BCUT2D eigenvalue weighted by atomic mass is 10.1. The Hall–Kier alpha value is -1.65. The van der Waals surface area contributed by atoms with E-state index < -0.39 is 11.6 Å². The van der Waals surface area contributed by atoms with Gasteiger partial charge in [-0.25, -0.2) is 13.8 Å². The second-order valence-corrected chi connectivity index (χ2v) is 4.07. The van der Waals surface area contributed by atoms with E-state index in [9.17, 15) is 8.78 Å². The van der Waals surface area contributed by atoms with Gasteiger partial charge in [0.15, 0.2) is 5.82 Å². The quantitative estimate of drug-likeness (QED) is 0.893. The lowest BCUT2D eigenvalue weighted by Gasteiger charge is -2.16. The first-order valence-corrected chi connectivity index (χ1v) is 5.70. The molecule has 0 saturated carbocycles. The van der Waals surface area contributed by atoms with Crippen LogP contribution in [0.25, 0.3) is 11.0 Å². The third-order valence-electron chi connectivity index (χ3n) is 3.05. The molecule has 0 saturated heterocycles. The number of nitrogens with zero attached hydrogens (tertiary/aromatic N) is 2. The lowest BCUT2D eigenvalue weighted by Crippen LogP contribution is -2.10. The van der Waals surface area contributed by atoms with Crippen LogP contribution in [0.5, 0.6) is 0 Å². The Morgan fingerprint density at radius 3 is 2.53 bits per heavy atom. The molecule has 2 aromatic rings. The number of imidazole rings is 1. The summed E-state index contributed by atoms with van der Waals surface area (Å²) in [5, 5.41) is 0. The maximum Gasteiger partial charge on any atom is 0.201 e. The second-order valence-electron chi connectivity index (χ2n) is 4.07. The molecule has 0 radical (unpaired) electrons. The Kier molecular flexibility index (Phi) is 3.00. The molecule has 0 spiro atoms. The summed E-state index contributed by atoms with van der Waals surface area (Å²) in [4.78, 5) is 3.97. The van der Waals surface area contributed by atoms with Crippen molar-refractivity contribution in [2.75, 3.05) is 5.73 Å². The monoisotopic (exact) mass is 239 g/mol. The molecule has 0 fully saturated rings. The van der Waals surface area contributed by atoms with Crippen LogP contribution in [-0.2, 0) is 0 Å². The van der Waals surface area contributed by atoms with Gasteiger partial charge >= 0.3 is 0 Å². The highest BCUT2D eigenvalue weighted by atomic mass is 19.1. The summed E-state index contributed by atoms with van der Waals surface area (Å²) >= 11 is 0. The standard InChI is InChI=1S/C12H15F2N3/c1-3-8(4-2)17-10-6-7(13)5-9(14)11(10)16-12(17)15/h5-6,8H,3-4H2,1-2H3,(H2,15,16). The number of rotatable bonds is 3. The minimum Gasteiger partial charge on any atom is -0.369 e. The van der Waals surface area contributed by atoms with Gasteiger partial charge in [0.25, 0.3) is 0 Å². The first kappa shape index (κ1) is 11.8. The van der Waals surface area contributed by atoms with Gasteiger partial charge in [0, 0.05) is 18.2 Å². The van der Waals surface area contributed by atoms with E-state index in [1.165, 1.54) is 6.07 Å². The number of halogens is 2. The Bertz CT molecular complexity index is 544. The predicted octanol–water partition coefficient (Wildman–Crippen LogP) is 3.26. The molecule has 1 aromatic carbocycles. The summed E-state index contributed by atoms with van der Waals surface area (Å²) in [5.74, 6) is -1.04. The molecule has 0 amide bonds. The average Bonchev–Trinajstić information content (AvgIpc) is 2.59. The van der Waals surface area contributed by atoms with Gasteiger partial charge in [-0.05, 0) is 12.8 Å². The van der Waals surface area contributed by atoms with Crippen LogP contribution >= 0.6 is 0 Å². The number of fused-ring (bicyclic) bond motifs is 1. The molecule has 1 heterocycles. The molecule has 0 bridgehead atoms. The van der Waals surface area contributed by atoms with E-state index in [4.69, 9.17) is 5.73 Å². The third-order valence-corrected chi connectivity index (χ3v) is 3.05. The fourth-order valence-electron chi connectivity index (χ4n) is 2.18. The summed E-state index contributed by atoms with van der Waals surface area (Å²) in [5.41, 5.74) is 6.35. The zero-order valence-corrected chi connectivity index (χ0v) is 9.87. The average molecular weight is 239 g/mol. The van der Waals surface area contributed by atoms with Crippen LogP contribution in [0.3, 0.4) is 0 Å². The minimum atomic E-state index is -0.670. The highest BCUT2D eigenvalue weighted by Gasteiger charge is 2.18. The fraction of sp³-hybridized carbons (Fsp3) is 0.417. The second kappa shape index (κ2) is 4.31. The van der Waals surface area contributed by atoms with Crippen molar-refractivity contribution in [2.45, 2.75) is 32.7 Å². The van der Waals surface area contributed by atoms with Gasteiger partial charge in [-0.15, -0.1) is 0 Å². The van der Waals surface area contributed by atoms with Gasteiger partial charge in [-0.2, -0.15) is 0 Å². The van der Waals surface area contributed by atoms with Crippen LogP contribution in [0.2, 0.25) is 0 Å². The molecule has 2 N–H and O–H groups in total. The fourth-order valence-corrected chi connectivity index (χ4v) is 2.18. The van der Waals surface area contributed by atoms with Gasteiger partial charge in [-0.3, -0.25) is 0 Å². The number of nitrogen functional groups attached to an aromatic ring is 1. The SMILES string of the molecule is CCC(CC)n1c(N)nc2c(F)cc(F)cc21. The van der Waals surface area contributed by atoms with Gasteiger partial charge in [0.1, 0.15) is 11.3 Å². The maximum atomic E-state index is 13.5. The Balaban J connectivity index is 2.74. The molecular weight excluding hydrogens is 224 g/mol. The van der Waals surface area contributed by atoms with Crippen molar-refractivity contribution in [3.05, 3.63) is 23.8 Å². The van der Waals surface area contributed by atoms with Gasteiger partial charge < -0.3 is 10.3 Å². The van der Waals surface area contributed by atoms with Crippen LogP contribution in [0.1, 0.15) is 32.7 Å². The van der Waals surface area contributed by atoms with Crippen molar-refractivity contribution in [3.63, 3.8) is 0 Å². The largest absolute Gasteiger partial charge is 0.369 e. The highest BCUT2D eigenvalue weighted by Crippen LogP contribution is 2.28. The highest BCUT2D eigenvalue weighted by molar-refractivity contribution is 5.79. The minimum absolute atomic E-state index is 0.112. The molecule has 3 nitrogen and oxygen atoms in total. The number of nitrogens with two attached hydrogens (primary N) is 1. The van der Waals surface area contributed by atoms with Crippen LogP contribution in [0.15, 0.2) is 12.1 Å². The van der Waals surface area contributed by atoms with Crippen LogP contribution < -0.4 is 5.73 Å². The number of hydrogen-bond acceptors (Lipinski definition) is 2. The molecule has 5 heteroatoms. The Morgan fingerprint density at radius 2 is 1.94 bits per heavy atom. The molecule has 0 aliphatic carbocycles. The van der Waals surface area contributed by atoms with Crippen molar-refractivity contribution in [1.82, 2.24) is 9.55 Å². The summed E-state index contributed by atoms with van der Waals surface area (Å²) in [6.07, 6.45) is 1.68. The zero-order chi connectivity index (χ0) is 12.6. The van der Waals surface area contributed by atoms with E-state index in [-0.39, 0.29) is 17.5 Å². The van der Waals surface area contributed by atoms with Crippen molar-refractivity contribution >= 4 is 17.0 Å². The maximum absolute atomic E-state index is 13.5. The van der Waals surface area contributed by atoms with E-state index in [1.54, 1.807) is 4.57 Å². The number of benzene rings is 1. The van der Waals surface area contributed by atoms with E-state index in [0.29, 0.717) is 5.52 Å². The lowest BCUT2D eigenvalue weighted by molar-refractivity contribution is 0.488. The predicted molar refractivity (Wildman–Crippen MR) is 63.7 cm³/mol. The summed E-state index contributed by atoms with van der Waals surface area (Å²) in [6.45, 7) is 4.02. The smallest absolute Gasteiger partial charge is 0.201 e. The zero-order valence-electron chi connectivity index (χ0n) is 9.87. The van der Waals surface area contributed by atoms with Crippen molar-refractivity contribution in [1.29, 1.82) is 0 Å². The summed E-state index contributed by atoms with van der Waals surface area (Å²) < 4.78 is 28.5. The van der Waals surface area contributed by atoms with Crippen molar-refractivity contribution in [3.8, 4) is 0 Å². The van der Waals surface area contributed by atoms with E-state index >= 15 is 0 Å². The topological polar surface area (TPSA) is 43.8 Å². The van der Waals surface area contributed by atoms with Gasteiger partial charge in [0.2, 0.25) is 5.95 Å². The van der Waals surface area contributed by atoms with E-state index in [2.05, 4.69) is 4.98 Å². The molecule has 2 rings (SSSR count). The number of anilines is 1. The third kappa shape index (κ3) is 1.85. The first-order valence-electron chi connectivity index (χ1n) is 5.70. The van der Waals surface area contributed by atoms with E-state index in [1.807, 2.05) is 13.8 Å². The van der Waals surface area contributed by atoms with Crippen molar-refractivity contribution in [2.24, 2.45) is 0 Å². The van der Waals surface area contributed by atoms with Crippen LogP contribution in [-0.4, -0.2) is 9.55 Å². The molecule has 1 aromatic heterocycles. The van der Waals surface area contributed by atoms with E-state index in [0.717, 1.165) is 18.9 Å². The molecule has 17 heavy (non-hydrogen) atoms. The molecule has 0 atom stereocenters. The summed E-state index contributed by atoms with van der Waals surface area (Å²) in [6, 6.07) is 2.22. The Labute approximate surface area is 98.2 Å². The Morgan fingerprint density at radius 1 is 1.29 bits per heavy atom. The molecule has 0 aliphatic rings. The van der Waals surface area contributed by atoms with Crippen molar-refractivity contribution < 1.29 is 8.78 Å². The van der Waals surface area contributed by atoms with Gasteiger partial charge in [-0.1, -0.05) is 13.8 Å².